The third-order valence-electron chi connectivity index (χ3n) is 3.70. The lowest BCUT2D eigenvalue weighted by atomic mass is 10.0. The van der Waals surface area contributed by atoms with Crippen molar-refractivity contribution in [3.63, 3.8) is 0 Å². The molecule has 0 aliphatic rings. The van der Waals surface area contributed by atoms with E-state index in [2.05, 4.69) is 27.8 Å². The van der Waals surface area contributed by atoms with Gasteiger partial charge in [-0.1, -0.05) is 53.5 Å². The van der Waals surface area contributed by atoms with Crippen LogP contribution in [0.2, 0.25) is 10.0 Å². The number of hydrogen-bond acceptors (Lipinski definition) is 2. The number of pyridine rings is 1. The summed E-state index contributed by atoms with van der Waals surface area (Å²) in [5.74, 6) is -0.274. The largest absolute Gasteiger partial charge is 0.481 e. The van der Waals surface area contributed by atoms with Crippen LogP contribution < -0.4 is 4.74 Å². The van der Waals surface area contributed by atoms with Crippen LogP contribution in [0.25, 0.3) is 22.4 Å². The van der Waals surface area contributed by atoms with Crippen molar-refractivity contribution >= 4 is 39.1 Å². The molecule has 0 amide bonds. The average Bonchev–Trinajstić information content (AvgIpc) is 2.59. The molecule has 127 valence electrons. The third-order valence-corrected chi connectivity index (χ3v) is 5.41. The Labute approximate surface area is 163 Å². The first kappa shape index (κ1) is 18.2. The number of aromatic nitrogens is 1. The van der Waals surface area contributed by atoms with Crippen LogP contribution >= 0.6 is 39.1 Å². The summed E-state index contributed by atoms with van der Waals surface area (Å²) in [5.41, 5.74) is 2.34. The van der Waals surface area contributed by atoms with Crippen LogP contribution in [0.3, 0.4) is 0 Å². The van der Waals surface area contributed by atoms with Gasteiger partial charge in [0, 0.05) is 26.7 Å². The summed E-state index contributed by atoms with van der Waals surface area (Å²) in [5, 5.41) is 0.883. The van der Waals surface area contributed by atoms with E-state index in [0.717, 1.165) is 10.0 Å². The molecule has 0 atom stereocenters. The van der Waals surface area contributed by atoms with Crippen molar-refractivity contribution in [3.05, 3.63) is 75.3 Å². The maximum atomic E-state index is 14.5. The molecule has 0 saturated heterocycles. The van der Waals surface area contributed by atoms with Crippen LogP contribution in [0.5, 0.6) is 5.88 Å². The van der Waals surface area contributed by atoms with Gasteiger partial charge in [0.25, 0.3) is 0 Å². The first-order chi connectivity index (χ1) is 11.9. The molecule has 0 fully saturated rings. The second-order valence-electron chi connectivity index (χ2n) is 5.26. The molecule has 0 aliphatic carbocycles. The van der Waals surface area contributed by atoms with Crippen LogP contribution in [0.4, 0.5) is 4.39 Å². The molecule has 3 rings (SSSR count). The summed E-state index contributed by atoms with van der Waals surface area (Å²) in [6.45, 7) is 3.71. The van der Waals surface area contributed by atoms with E-state index in [-0.39, 0.29) is 11.6 Å². The van der Waals surface area contributed by atoms with Crippen LogP contribution in [-0.2, 0) is 0 Å². The topological polar surface area (TPSA) is 22.1 Å². The smallest absolute Gasteiger partial charge is 0.217 e. The molecule has 1 aromatic heterocycles. The van der Waals surface area contributed by atoms with Gasteiger partial charge in [-0.25, -0.2) is 9.37 Å². The van der Waals surface area contributed by atoms with Crippen LogP contribution in [-0.4, -0.2) is 12.1 Å². The number of benzene rings is 2. The number of methoxy groups -OCH3 is 1. The summed E-state index contributed by atoms with van der Waals surface area (Å²) in [6, 6.07) is 12.1. The zero-order chi connectivity index (χ0) is 18.1. The molecule has 0 saturated carbocycles. The van der Waals surface area contributed by atoms with Crippen molar-refractivity contribution in [2.45, 2.75) is 0 Å². The Balaban J connectivity index is 2.23. The fourth-order valence-corrected chi connectivity index (χ4v) is 3.42. The molecule has 2 aromatic carbocycles. The van der Waals surface area contributed by atoms with E-state index in [9.17, 15) is 4.39 Å². The van der Waals surface area contributed by atoms with Crippen molar-refractivity contribution in [2.75, 3.05) is 7.11 Å². The van der Waals surface area contributed by atoms with E-state index >= 15 is 0 Å². The van der Waals surface area contributed by atoms with Gasteiger partial charge in [-0.15, -0.1) is 0 Å². The third kappa shape index (κ3) is 3.39. The van der Waals surface area contributed by atoms with Crippen molar-refractivity contribution in [2.24, 2.45) is 0 Å². The highest BCUT2D eigenvalue weighted by Gasteiger charge is 2.18. The lowest BCUT2D eigenvalue weighted by Gasteiger charge is -2.13. The minimum atomic E-state index is -0.523. The van der Waals surface area contributed by atoms with Gasteiger partial charge in [-0.3, -0.25) is 0 Å². The minimum Gasteiger partial charge on any atom is -0.481 e. The van der Waals surface area contributed by atoms with Gasteiger partial charge in [-0.05, 0) is 35.0 Å². The van der Waals surface area contributed by atoms with Crippen molar-refractivity contribution < 1.29 is 9.13 Å². The predicted octanol–water partition coefficient (Wildman–Crippen LogP) is 6.81. The van der Waals surface area contributed by atoms with E-state index in [1.54, 1.807) is 12.1 Å². The Bertz CT molecular complexity index is 962. The van der Waals surface area contributed by atoms with E-state index in [1.165, 1.54) is 13.2 Å². The van der Waals surface area contributed by atoms with Gasteiger partial charge < -0.3 is 4.74 Å². The fraction of sp³-hybridized carbons (Fsp3) is 0.0526. The first-order valence-corrected chi connectivity index (χ1v) is 8.78. The standard InChI is InChI=1S/C19H12BrCl2FNO/c1-10-9-15(23)18(24-19(10)25-2)13-7-3-5-11(16(13)21)12-6-4-8-14(20)17(12)22/h3-9H,1H2,2H3. The van der Waals surface area contributed by atoms with Crippen LogP contribution in [0, 0.1) is 12.7 Å². The Morgan fingerprint density at radius 3 is 2.32 bits per heavy atom. The maximum absolute atomic E-state index is 14.5. The second-order valence-corrected chi connectivity index (χ2v) is 6.87. The molecule has 0 spiro atoms. The second kappa shape index (κ2) is 7.32. The number of hydrogen-bond donors (Lipinski definition) is 0. The average molecular weight is 440 g/mol. The van der Waals surface area contributed by atoms with E-state index < -0.39 is 5.82 Å². The van der Waals surface area contributed by atoms with Crippen molar-refractivity contribution in [3.8, 4) is 28.3 Å². The van der Waals surface area contributed by atoms with E-state index in [1.807, 2.05) is 24.3 Å². The first-order valence-electron chi connectivity index (χ1n) is 7.23. The van der Waals surface area contributed by atoms with Gasteiger partial charge in [-0.2, -0.15) is 0 Å². The Kier molecular flexibility index (Phi) is 5.32. The summed E-state index contributed by atoms with van der Waals surface area (Å²) >= 11 is 16.3. The highest BCUT2D eigenvalue weighted by molar-refractivity contribution is 9.10. The lowest BCUT2D eigenvalue weighted by Crippen LogP contribution is -1.98. The molecule has 0 aliphatic heterocycles. The van der Waals surface area contributed by atoms with Crippen molar-refractivity contribution in [1.29, 1.82) is 0 Å². The molecule has 6 heteroatoms. The summed E-state index contributed by atoms with van der Waals surface area (Å²) in [7, 11) is 1.46. The van der Waals surface area contributed by atoms with E-state index in [4.69, 9.17) is 27.9 Å². The molecular formula is C19H12BrCl2FNO. The van der Waals surface area contributed by atoms with Gasteiger partial charge in [0.1, 0.15) is 11.5 Å². The minimum absolute atomic E-state index is 0.0993. The molecular weight excluding hydrogens is 428 g/mol. The molecule has 25 heavy (non-hydrogen) atoms. The molecule has 0 unspecified atom stereocenters. The fourth-order valence-electron chi connectivity index (χ4n) is 2.51. The molecule has 1 heterocycles. The zero-order valence-corrected chi connectivity index (χ0v) is 16.2. The van der Waals surface area contributed by atoms with Gasteiger partial charge in [0.15, 0.2) is 0 Å². The monoisotopic (exact) mass is 438 g/mol. The predicted molar refractivity (Wildman–Crippen MR) is 104 cm³/mol. The SMILES string of the molecule is [CH2]c1cc(F)c(-c2cccc(-c3cccc(Br)c3Cl)c2Cl)nc1OC. The number of nitrogens with zero attached hydrogens (tertiary/aromatic N) is 1. The molecule has 0 N–H and O–H groups in total. The number of halogens is 4. The zero-order valence-electron chi connectivity index (χ0n) is 13.1. The summed E-state index contributed by atoms with van der Waals surface area (Å²) in [4.78, 5) is 4.21. The Hall–Kier alpha value is -1.62. The van der Waals surface area contributed by atoms with Gasteiger partial charge >= 0.3 is 0 Å². The Morgan fingerprint density at radius 2 is 1.64 bits per heavy atom. The van der Waals surface area contributed by atoms with Gasteiger partial charge in [0.05, 0.1) is 17.2 Å². The Morgan fingerprint density at radius 1 is 1.04 bits per heavy atom. The molecule has 1 radical (unpaired) electrons. The number of ether oxygens (including phenoxy) is 1. The normalized spacial score (nSPS) is 10.8. The van der Waals surface area contributed by atoms with Crippen LogP contribution in [0.1, 0.15) is 5.56 Å². The molecule has 2 nitrogen and oxygen atoms in total. The van der Waals surface area contributed by atoms with Crippen LogP contribution in [0.15, 0.2) is 46.9 Å². The molecule has 3 aromatic rings. The van der Waals surface area contributed by atoms with E-state index in [0.29, 0.717) is 26.7 Å². The quantitative estimate of drug-likeness (QED) is 0.446. The summed E-state index contributed by atoms with van der Waals surface area (Å²) in [6.07, 6.45) is 0. The highest BCUT2D eigenvalue weighted by Crippen LogP contribution is 2.41. The molecule has 0 bridgehead atoms. The lowest BCUT2D eigenvalue weighted by molar-refractivity contribution is 0.394. The van der Waals surface area contributed by atoms with Crippen molar-refractivity contribution in [1.82, 2.24) is 4.98 Å². The summed E-state index contributed by atoms with van der Waals surface area (Å²) < 4.78 is 20.4. The van der Waals surface area contributed by atoms with Gasteiger partial charge in [0.2, 0.25) is 5.88 Å². The highest BCUT2D eigenvalue weighted by atomic mass is 79.9. The number of rotatable bonds is 3. The maximum Gasteiger partial charge on any atom is 0.217 e.